The van der Waals surface area contributed by atoms with Crippen LogP contribution in [0.5, 0.6) is 0 Å². The van der Waals surface area contributed by atoms with Gasteiger partial charge in [-0.3, -0.25) is 9.20 Å². The van der Waals surface area contributed by atoms with E-state index in [1.54, 1.807) is 0 Å². The highest BCUT2D eigenvalue weighted by atomic mass is 32.1. The molecular weight excluding hydrogens is 294 g/mol. The molecule has 0 saturated heterocycles. The van der Waals surface area contributed by atoms with Crippen LogP contribution in [-0.4, -0.2) is 20.8 Å². The van der Waals surface area contributed by atoms with E-state index in [9.17, 15) is 4.79 Å². The van der Waals surface area contributed by atoms with Crippen LogP contribution in [-0.2, 0) is 0 Å². The SMILES string of the molecule is Cc1ccc(-c2cn3c(C(=O)NC(C)(C)C)csc3n2)cc1. The molecule has 0 aliphatic rings. The second-order valence-electron chi connectivity index (χ2n) is 6.47. The van der Waals surface area contributed by atoms with E-state index in [4.69, 9.17) is 0 Å². The first-order chi connectivity index (χ1) is 10.3. The number of nitrogens with zero attached hydrogens (tertiary/aromatic N) is 2. The average molecular weight is 313 g/mol. The highest BCUT2D eigenvalue weighted by Gasteiger charge is 2.19. The molecule has 1 aromatic carbocycles. The number of thiazole rings is 1. The van der Waals surface area contributed by atoms with Crippen LogP contribution in [0.1, 0.15) is 36.8 Å². The lowest BCUT2D eigenvalue weighted by Gasteiger charge is -2.19. The summed E-state index contributed by atoms with van der Waals surface area (Å²) in [6, 6.07) is 8.24. The van der Waals surface area contributed by atoms with Gasteiger partial charge in [0.25, 0.3) is 5.91 Å². The van der Waals surface area contributed by atoms with Gasteiger partial charge in [0, 0.05) is 22.7 Å². The number of carbonyl (C=O) groups excluding carboxylic acids is 1. The smallest absolute Gasteiger partial charge is 0.269 e. The Bertz CT molecular complexity index is 822. The van der Waals surface area contributed by atoms with Crippen molar-refractivity contribution in [1.29, 1.82) is 0 Å². The van der Waals surface area contributed by atoms with Gasteiger partial charge in [-0.15, -0.1) is 11.3 Å². The van der Waals surface area contributed by atoms with Crippen molar-refractivity contribution in [1.82, 2.24) is 14.7 Å². The lowest BCUT2D eigenvalue weighted by Crippen LogP contribution is -2.41. The topological polar surface area (TPSA) is 46.4 Å². The Labute approximate surface area is 133 Å². The summed E-state index contributed by atoms with van der Waals surface area (Å²) in [6.07, 6.45) is 1.92. The number of benzene rings is 1. The van der Waals surface area contributed by atoms with Gasteiger partial charge in [-0.2, -0.15) is 0 Å². The van der Waals surface area contributed by atoms with Crippen molar-refractivity contribution in [2.45, 2.75) is 33.2 Å². The second-order valence-corrected chi connectivity index (χ2v) is 7.31. The molecule has 114 valence electrons. The minimum Gasteiger partial charge on any atom is -0.346 e. The molecule has 0 unspecified atom stereocenters. The molecule has 5 heteroatoms. The molecule has 0 saturated carbocycles. The summed E-state index contributed by atoms with van der Waals surface area (Å²) in [5, 5.41) is 4.84. The molecule has 0 radical (unpaired) electrons. The number of imidazole rings is 1. The van der Waals surface area contributed by atoms with Crippen molar-refractivity contribution in [3.05, 3.63) is 47.1 Å². The zero-order chi connectivity index (χ0) is 15.9. The summed E-state index contributed by atoms with van der Waals surface area (Å²) in [6.45, 7) is 7.98. The molecule has 22 heavy (non-hydrogen) atoms. The van der Waals surface area contributed by atoms with Crippen molar-refractivity contribution < 1.29 is 4.79 Å². The fourth-order valence-electron chi connectivity index (χ4n) is 2.22. The molecule has 0 atom stereocenters. The predicted octanol–water partition coefficient (Wildman–Crippen LogP) is 3.90. The number of aryl methyl sites for hydroxylation is 1. The molecule has 0 aliphatic carbocycles. The molecule has 1 N–H and O–H groups in total. The maximum absolute atomic E-state index is 12.4. The van der Waals surface area contributed by atoms with Crippen LogP contribution < -0.4 is 5.32 Å². The van der Waals surface area contributed by atoms with Crippen LogP contribution in [0.25, 0.3) is 16.2 Å². The minimum absolute atomic E-state index is 0.0772. The summed E-state index contributed by atoms with van der Waals surface area (Å²) < 4.78 is 1.86. The second kappa shape index (κ2) is 5.25. The van der Waals surface area contributed by atoms with Gasteiger partial charge in [0.05, 0.1) is 5.69 Å². The van der Waals surface area contributed by atoms with Crippen LogP contribution in [0.4, 0.5) is 0 Å². The fraction of sp³-hybridized carbons (Fsp3) is 0.294. The molecular formula is C17H19N3OS. The third-order valence-corrected chi connectivity index (χ3v) is 4.12. The summed E-state index contributed by atoms with van der Waals surface area (Å²) in [7, 11) is 0. The van der Waals surface area contributed by atoms with Crippen molar-refractivity contribution in [2.24, 2.45) is 0 Å². The Balaban J connectivity index is 1.98. The summed E-state index contributed by atoms with van der Waals surface area (Å²) in [5.74, 6) is -0.0772. The van der Waals surface area contributed by atoms with Crippen LogP contribution in [0, 0.1) is 6.92 Å². The van der Waals surface area contributed by atoms with Gasteiger partial charge in [0.2, 0.25) is 0 Å². The summed E-state index contributed by atoms with van der Waals surface area (Å²) in [4.78, 5) is 17.8. The zero-order valence-electron chi connectivity index (χ0n) is 13.2. The number of hydrogen-bond acceptors (Lipinski definition) is 3. The summed E-state index contributed by atoms with van der Waals surface area (Å²) >= 11 is 1.48. The monoisotopic (exact) mass is 313 g/mol. The molecule has 3 rings (SSSR count). The van der Waals surface area contributed by atoms with E-state index in [1.807, 2.05) is 36.7 Å². The molecule has 0 aliphatic heterocycles. The van der Waals surface area contributed by atoms with Gasteiger partial charge in [-0.1, -0.05) is 29.8 Å². The number of nitrogens with one attached hydrogen (secondary N) is 1. The molecule has 2 heterocycles. The maximum Gasteiger partial charge on any atom is 0.269 e. The standard InChI is InChI=1S/C17H19N3OS/c1-11-5-7-12(8-6-11)13-9-20-14(10-22-16(20)18-13)15(21)19-17(2,3)4/h5-10H,1-4H3,(H,19,21). The molecule has 0 fully saturated rings. The van der Waals surface area contributed by atoms with Crippen LogP contribution >= 0.6 is 11.3 Å². The van der Waals surface area contributed by atoms with E-state index < -0.39 is 0 Å². The Kier molecular flexibility index (Phi) is 3.53. The van der Waals surface area contributed by atoms with E-state index in [0.717, 1.165) is 16.2 Å². The molecule has 4 nitrogen and oxygen atoms in total. The van der Waals surface area contributed by atoms with Gasteiger partial charge in [-0.25, -0.2) is 4.98 Å². The minimum atomic E-state index is -0.258. The Morgan fingerprint density at radius 3 is 2.55 bits per heavy atom. The molecule has 0 spiro atoms. The average Bonchev–Trinajstić information content (AvgIpc) is 2.96. The van der Waals surface area contributed by atoms with Gasteiger partial charge in [0.1, 0.15) is 5.69 Å². The van der Waals surface area contributed by atoms with E-state index in [-0.39, 0.29) is 11.4 Å². The zero-order valence-corrected chi connectivity index (χ0v) is 14.0. The van der Waals surface area contributed by atoms with E-state index in [1.165, 1.54) is 16.9 Å². The quantitative estimate of drug-likeness (QED) is 0.780. The van der Waals surface area contributed by atoms with E-state index >= 15 is 0 Å². The number of aromatic nitrogens is 2. The Hall–Kier alpha value is -2.14. The van der Waals surface area contributed by atoms with Gasteiger partial charge in [-0.05, 0) is 27.7 Å². The van der Waals surface area contributed by atoms with Crippen molar-refractivity contribution in [3.8, 4) is 11.3 Å². The van der Waals surface area contributed by atoms with Crippen LogP contribution in [0.3, 0.4) is 0 Å². The fourth-order valence-corrected chi connectivity index (χ4v) is 3.07. The maximum atomic E-state index is 12.4. The first-order valence-electron chi connectivity index (χ1n) is 7.20. The third kappa shape index (κ3) is 2.90. The summed E-state index contributed by atoms with van der Waals surface area (Å²) in [5.41, 5.74) is 3.53. The number of amides is 1. The normalized spacial score (nSPS) is 11.8. The lowest BCUT2D eigenvalue weighted by atomic mass is 10.1. The van der Waals surface area contributed by atoms with Gasteiger partial charge in [0.15, 0.2) is 4.96 Å². The van der Waals surface area contributed by atoms with E-state index in [0.29, 0.717) is 5.69 Å². The first-order valence-corrected chi connectivity index (χ1v) is 8.07. The number of carbonyl (C=O) groups is 1. The van der Waals surface area contributed by atoms with Gasteiger partial charge < -0.3 is 5.32 Å². The van der Waals surface area contributed by atoms with Crippen molar-refractivity contribution >= 4 is 22.2 Å². The molecule has 1 amide bonds. The number of rotatable bonds is 2. The van der Waals surface area contributed by atoms with Crippen LogP contribution in [0.2, 0.25) is 0 Å². The Morgan fingerprint density at radius 1 is 1.23 bits per heavy atom. The van der Waals surface area contributed by atoms with Crippen LogP contribution in [0.15, 0.2) is 35.8 Å². The van der Waals surface area contributed by atoms with E-state index in [2.05, 4.69) is 41.5 Å². The highest BCUT2D eigenvalue weighted by molar-refractivity contribution is 7.15. The molecule has 2 aromatic heterocycles. The molecule has 0 bridgehead atoms. The largest absolute Gasteiger partial charge is 0.346 e. The van der Waals surface area contributed by atoms with Crippen molar-refractivity contribution in [3.63, 3.8) is 0 Å². The highest BCUT2D eigenvalue weighted by Crippen LogP contribution is 2.24. The predicted molar refractivity (Wildman–Crippen MR) is 90.5 cm³/mol. The third-order valence-electron chi connectivity index (χ3n) is 3.28. The van der Waals surface area contributed by atoms with Crippen molar-refractivity contribution in [2.75, 3.05) is 0 Å². The first kappa shape index (κ1) is 14.8. The Morgan fingerprint density at radius 2 is 1.91 bits per heavy atom. The van der Waals surface area contributed by atoms with Gasteiger partial charge >= 0.3 is 0 Å². The number of hydrogen-bond donors (Lipinski definition) is 1. The number of fused-ring (bicyclic) bond motifs is 1. The lowest BCUT2D eigenvalue weighted by molar-refractivity contribution is 0.0914. The molecule has 3 aromatic rings.